The summed E-state index contributed by atoms with van der Waals surface area (Å²) in [4.78, 5) is 14.9. The molecule has 3 rings (SSSR count). The number of aliphatic hydroxyl groups is 1. The Kier molecular flexibility index (Phi) is 3.41. The van der Waals surface area contributed by atoms with Crippen LogP contribution in [0, 0.1) is 10.6 Å². The van der Waals surface area contributed by atoms with Gasteiger partial charge in [-0.3, -0.25) is 4.79 Å². The van der Waals surface area contributed by atoms with Crippen molar-refractivity contribution in [1.29, 1.82) is 0 Å². The molecule has 1 aromatic carbocycles. The summed E-state index contributed by atoms with van der Waals surface area (Å²) in [7, 11) is 1.87. The van der Waals surface area contributed by atoms with E-state index < -0.39 is 5.41 Å². The fourth-order valence-electron chi connectivity index (χ4n) is 3.20. The molecule has 1 aromatic rings. The Balaban J connectivity index is 2.14. The van der Waals surface area contributed by atoms with Crippen molar-refractivity contribution in [3.8, 4) is 0 Å². The second kappa shape index (κ2) is 5.11. The number of quaternary nitrogens is 1. The lowest BCUT2D eigenvalue weighted by Crippen LogP contribution is -3.07. The van der Waals surface area contributed by atoms with Crippen molar-refractivity contribution in [2.45, 2.75) is 0 Å². The number of hydroxylamine groups is 2. The third kappa shape index (κ3) is 2.01. The number of hydrogen-bond acceptors (Lipinski definition) is 4. The molecule has 2 aliphatic heterocycles. The van der Waals surface area contributed by atoms with E-state index in [0.717, 1.165) is 5.69 Å². The molecule has 2 heterocycles. The summed E-state index contributed by atoms with van der Waals surface area (Å²) >= 11 is 0. The molecule has 0 bridgehead atoms. The summed E-state index contributed by atoms with van der Waals surface area (Å²) in [5.74, 6) is -0.173. The summed E-state index contributed by atoms with van der Waals surface area (Å²) in [5.41, 5.74) is 0.652. The van der Waals surface area contributed by atoms with Crippen molar-refractivity contribution in [3.63, 3.8) is 0 Å². The third-order valence-electron chi connectivity index (χ3n) is 4.29. The Labute approximate surface area is 123 Å². The van der Waals surface area contributed by atoms with Gasteiger partial charge in [-0.1, -0.05) is 18.2 Å². The van der Waals surface area contributed by atoms with E-state index in [1.54, 1.807) is 30.4 Å². The SMILES string of the molecule is CN1CC(CO)(C2=CC=CC[NH+]2[O-])C(=O)c2ccccc21. The number of allylic oxidation sites excluding steroid dienone is 2. The molecule has 110 valence electrons. The molecular weight excluding hydrogens is 268 g/mol. The maximum atomic E-state index is 13.0. The van der Waals surface area contributed by atoms with E-state index in [0.29, 0.717) is 17.8 Å². The molecule has 0 amide bonds. The number of benzene rings is 1. The van der Waals surface area contributed by atoms with Crippen molar-refractivity contribution in [2.24, 2.45) is 5.41 Å². The van der Waals surface area contributed by atoms with Crippen molar-refractivity contribution < 1.29 is 15.0 Å². The largest absolute Gasteiger partial charge is 0.629 e. The van der Waals surface area contributed by atoms with E-state index in [9.17, 15) is 15.1 Å². The highest BCUT2D eigenvalue weighted by Gasteiger charge is 2.50. The molecule has 5 heteroatoms. The zero-order chi connectivity index (χ0) is 15.0. The van der Waals surface area contributed by atoms with Gasteiger partial charge in [-0.25, -0.2) is 0 Å². The van der Waals surface area contributed by atoms with E-state index in [1.807, 2.05) is 24.1 Å². The summed E-state index contributed by atoms with van der Waals surface area (Å²) in [6, 6.07) is 7.31. The molecule has 0 saturated carbocycles. The van der Waals surface area contributed by atoms with Gasteiger partial charge < -0.3 is 20.3 Å². The third-order valence-corrected chi connectivity index (χ3v) is 4.29. The van der Waals surface area contributed by atoms with E-state index in [-0.39, 0.29) is 24.0 Å². The topological polar surface area (TPSA) is 68.0 Å². The lowest BCUT2D eigenvalue weighted by atomic mass is 9.73. The first-order valence-corrected chi connectivity index (χ1v) is 6.96. The number of anilines is 1. The Morgan fingerprint density at radius 1 is 1.43 bits per heavy atom. The van der Waals surface area contributed by atoms with Crippen LogP contribution in [0.15, 0.2) is 48.2 Å². The molecule has 2 unspecified atom stereocenters. The molecule has 2 aliphatic rings. The van der Waals surface area contributed by atoms with Gasteiger partial charge in [-0.2, -0.15) is 0 Å². The molecule has 21 heavy (non-hydrogen) atoms. The van der Waals surface area contributed by atoms with Crippen molar-refractivity contribution >= 4 is 11.5 Å². The fourth-order valence-corrected chi connectivity index (χ4v) is 3.20. The summed E-state index contributed by atoms with van der Waals surface area (Å²) in [6.07, 6.45) is 5.21. The van der Waals surface area contributed by atoms with Gasteiger partial charge in [0.15, 0.2) is 5.78 Å². The minimum absolute atomic E-state index is 0.0901. The average Bonchev–Trinajstić information content (AvgIpc) is 2.52. The van der Waals surface area contributed by atoms with Gasteiger partial charge in [0.05, 0.1) is 6.61 Å². The van der Waals surface area contributed by atoms with Crippen LogP contribution < -0.4 is 9.96 Å². The number of nitrogens with zero attached hydrogens (tertiary/aromatic N) is 1. The second-order valence-electron chi connectivity index (χ2n) is 5.58. The molecule has 0 spiro atoms. The molecule has 0 aromatic heterocycles. The van der Waals surface area contributed by atoms with Crippen LogP contribution >= 0.6 is 0 Å². The van der Waals surface area contributed by atoms with Gasteiger partial charge in [0.2, 0.25) is 0 Å². The maximum absolute atomic E-state index is 13.0. The van der Waals surface area contributed by atoms with E-state index in [4.69, 9.17) is 0 Å². The zero-order valence-corrected chi connectivity index (χ0v) is 11.9. The molecule has 0 radical (unpaired) electrons. The zero-order valence-electron chi connectivity index (χ0n) is 11.9. The summed E-state index contributed by atoms with van der Waals surface area (Å²) in [5, 5.41) is 22.1. The molecule has 5 nitrogen and oxygen atoms in total. The smallest absolute Gasteiger partial charge is 0.185 e. The Hall–Kier alpha value is -1.95. The molecule has 2 N–H and O–H groups in total. The standard InChI is InChI=1S/C16H18N2O3/c1-17-10-16(11-19,14-8-4-5-9-18(14)21)15(20)12-6-2-3-7-13(12)17/h2-8,18-19H,9-11H2,1H3. The predicted molar refractivity (Wildman–Crippen MR) is 80.0 cm³/mol. The predicted octanol–water partition coefficient (Wildman–Crippen LogP) is 0.134. The number of fused-ring (bicyclic) bond motifs is 1. The van der Waals surface area contributed by atoms with Gasteiger partial charge in [0, 0.05) is 24.8 Å². The maximum Gasteiger partial charge on any atom is 0.185 e. The number of nitrogens with one attached hydrogen (secondary N) is 1. The number of hydrogen-bond donors (Lipinski definition) is 2. The van der Waals surface area contributed by atoms with Crippen LogP contribution in [-0.2, 0) is 0 Å². The molecule has 2 atom stereocenters. The molecule has 0 saturated heterocycles. The van der Waals surface area contributed by atoms with E-state index in [1.165, 1.54) is 0 Å². The quantitative estimate of drug-likeness (QED) is 0.759. The van der Waals surface area contributed by atoms with Gasteiger partial charge >= 0.3 is 0 Å². The number of carbonyl (C=O) groups excluding carboxylic acids is 1. The first-order valence-electron chi connectivity index (χ1n) is 6.96. The molecule has 0 aliphatic carbocycles. The Bertz CT molecular complexity index is 638. The number of Topliss-reactive ketones (excluding diaryl/α,β-unsaturated/α-hetero) is 1. The van der Waals surface area contributed by atoms with Gasteiger partial charge in [-0.15, -0.1) is 0 Å². The van der Waals surface area contributed by atoms with Crippen molar-refractivity contribution in [2.75, 3.05) is 31.6 Å². The van der Waals surface area contributed by atoms with Crippen molar-refractivity contribution in [1.82, 2.24) is 0 Å². The van der Waals surface area contributed by atoms with Crippen LogP contribution in [0.25, 0.3) is 0 Å². The van der Waals surface area contributed by atoms with Crippen LogP contribution in [0.4, 0.5) is 5.69 Å². The minimum Gasteiger partial charge on any atom is -0.629 e. The van der Waals surface area contributed by atoms with Gasteiger partial charge in [0.25, 0.3) is 0 Å². The second-order valence-corrected chi connectivity index (χ2v) is 5.58. The highest BCUT2D eigenvalue weighted by molar-refractivity contribution is 6.08. The van der Waals surface area contributed by atoms with Gasteiger partial charge in [-0.05, 0) is 24.3 Å². The van der Waals surface area contributed by atoms with Crippen LogP contribution in [0.3, 0.4) is 0 Å². The van der Waals surface area contributed by atoms with Gasteiger partial charge in [0.1, 0.15) is 17.7 Å². The number of para-hydroxylation sites is 1. The first-order chi connectivity index (χ1) is 10.1. The van der Waals surface area contributed by atoms with Crippen molar-refractivity contribution in [3.05, 3.63) is 59.0 Å². The Morgan fingerprint density at radius 3 is 2.90 bits per heavy atom. The first kappa shape index (κ1) is 14.0. The summed E-state index contributed by atoms with van der Waals surface area (Å²) in [6.45, 7) is 0.229. The fraction of sp³-hybridized carbons (Fsp3) is 0.312. The monoisotopic (exact) mass is 286 g/mol. The van der Waals surface area contributed by atoms with Crippen LogP contribution in [0.1, 0.15) is 10.4 Å². The van der Waals surface area contributed by atoms with E-state index in [2.05, 4.69) is 0 Å². The molecule has 0 fully saturated rings. The average molecular weight is 286 g/mol. The Morgan fingerprint density at radius 2 is 2.19 bits per heavy atom. The normalized spacial score (nSPS) is 28.3. The minimum atomic E-state index is -1.16. The van der Waals surface area contributed by atoms with Crippen LogP contribution in [-0.4, -0.2) is 37.6 Å². The lowest BCUT2D eigenvalue weighted by Gasteiger charge is -2.44. The lowest BCUT2D eigenvalue weighted by molar-refractivity contribution is -0.806. The highest BCUT2D eigenvalue weighted by atomic mass is 16.5. The van der Waals surface area contributed by atoms with Crippen LogP contribution in [0.2, 0.25) is 0 Å². The number of rotatable bonds is 2. The number of carbonyl (C=O) groups is 1. The number of aliphatic hydroxyl groups excluding tert-OH is 1. The van der Waals surface area contributed by atoms with E-state index >= 15 is 0 Å². The summed E-state index contributed by atoms with van der Waals surface area (Å²) < 4.78 is 0. The van der Waals surface area contributed by atoms with Crippen LogP contribution in [0.5, 0.6) is 0 Å². The highest BCUT2D eigenvalue weighted by Crippen LogP contribution is 2.38. The number of ketones is 1. The molecular formula is C16H18N2O3.